The molecule has 0 unspecified atom stereocenters. The topological polar surface area (TPSA) is 95.9 Å². The smallest absolute Gasteiger partial charge is 0.254 e. The minimum atomic E-state index is -0.189. The Bertz CT molecular complexity index is 1070. The Morgan fingerprint density at radius 3 is 2.60 bits per heavy atom. The van der Waals surface area contributed by atoms with Crippen molar-refractivity contribution in [3.63, 3.8) is 0 Å². The zero-order valence-corrected chi connectivity index (χ0v) is 18.4. The fourth-order valence-electron chi connectivity index (χ4n) is 3.06. The summed E-state index contributed by atoms with van der Waals surface area (Å²) in [6, 6.07) is 9.95. The molecular weight excluding hydrogens is 400 g/mol. The van der Waals surface area contributed by atoms with E-state index in [-0.39, 0.29) is 17.9 Å². The second kappa shape index (κ2) is 9.62. The van der Waals surface area contributed by atoms with Crippen molar-refractivity contribution >= 4 is 29.2 Å². The molecule has 0 atom stereocenters. The Hall–Kier alpha value is -3.07. The van der Waals surface area contributed by atoms with E-state index in [9.17, 15) is 9.59 Å². The Labute approximate surface area is 179 Å². The highest BCUT2D eigenvalue weighted by Gasteiger charge is 2.12. The van der Waals surface area contributed by atoms with Crippen LogP contribution in [0.25, 0.3) is 0 Å². The van der Waals surface area contributed by atoms with Crippen molar-refractivity contribution in [3.05, 3.63) is 63.7 Å². The molecule has 2 N–H and O–H groups in total. The van der Waals surface area contributed by atoms with Crippen molar-refractivity contribution in [2.75, 3.05) is 30.6 Å². The van der Waals surface area contributed by atoms with Gasteiger partial charge in [-0.3, -0.25) is 9.59 Å². The van der Waals surface area contributed by atoms with Gasteiger partial charge in [0.2, 0.25) is 5.91 Å². The van der Waals surface area contributed by atoms with E-state index in [1.54, 1.807) is 23.9 Å². The highest BCUT2D eigenvalue weighted by atomic mass is 32.2. The first-order valence-electron chi connectivity index (χ1n) is 9.59. The third-order valence-electron chi connectivity index (χ3n) is 4.77. The van der Waals surface area contributed by atoms with Crippen LogP contribution in [0.15, 0.2) is 46.5 Å². The van der Waals surface area contributed by atoms with Gasteiger partial charge in [-0.1, -0.05) is 23.9 Å². The molecular formula is C21H26N6O2S. The Balaban J connectivity index is 1.62. The molecule has 0 bridgehead atoms. The van der Waals surface area contributed by atoms with Crippen molar-refractivity contribution in [2.24, 2.45) is 0 Å². The lowest BCUT2D eigenvalue weighted by molar-refractivity contribution is -0.116. The van der Waals surface area contributed by atoms with Crippen LogP contribution in [0.2, 0.25) is 0 Å². The third kappa shape index (κ3) is 5.29. The molecule has 0 aliphatic heterocycles. The standard InChI is InChI=1S/C21H26N6O2S/c1-14-17(20(29)25-21(23-14)30-4)9-10-19(28)24-18-11-12-22-27(18)13-15-5-7-16(8-6-15)26(2)3/h5-8,11-12H,9-10,13H2,1-4H3,(H,24,28)(H,23,25,29). The van der Waals surface area contributed by atoms with E-state index >= 15 is 0 Å². The number of aromatic amines is 1. The van der Waals surface area contributed by atoms with Crippen LogP contribution in [0, 0.1) is 6.92 Å². The van der Waals surface area contributed by atoms with Crippen molar-refractivity contribution in [1.82, 2.24) is 19.7 Å². The van der Waals surface area contributed by atoms with E-state index in [2.05, 4.69) is 20.4 Å². The monoisotopic (exact) mass is 426 g/mol. The SMILES string of the molecule is CSc1nc(C)c(CCC(=O)Nc2ccnn2Cc2ccc(N(C)C)cc2)c(=O)[nH]1. The summed E-state index contributed by atoms with van der Waals surface area (Å²) in [5.74, 6) is 0.450. The summed E-state index contributed by atoms with van der Waals surface area (Å²) < 4.78 is 1.75. The number of H-pyrrole nitrogens is 1. The van der Waals surface area contributed by atoms with Gasteiger partial charge in [0.25, 0.3) is 5.56 Å². The molecule has 158 valence electrons. The molecule has 2 heterocycles. The van der Waals surface area contributed by atoms with Crippen LogP contribution in [-0.2, 0) is 17.8 Å². The predicted octanol–water partition coefficient (Wildman–Crippen LogP) is 2.68. The predicted molar refractivity (Wildman–Crippen MR) is 120 cm³/mol. The van der Waals surface area contributed by atoms with Crippen LogP contribution in [0.5, 0.6) is 0 Å². The highest BCUT2D eigenvalue weighted by molar-refractivity contribution is 7.98. The van der Waals surface area contributed by atoms with Crippen molar-refractivity contribution in [3.8, 4) is 0 Å². The minimum absolute atomic E-state index is 0.174. The maximum Gasteiger partial charge on any atom is 0.254 e. The number of thioether (sulfide) groups is 1. The molecule has 1 aromatic carbocycles. The molecule has 0 spiro atoms. The maximum absolute atomic E-state index is 12.5. The normalized spacial score (nSPS) is 10.8. The molecule has 0 saturated carbocycles. The summed E-state index contributed by atoms with van der Waals surface area (Å²) in [5, 5.41) is 7.78. The summed E-state index contributed by atoms with van der Waals surface area (Å²) in [6.07, 6.45) is 4.02. The number of hydrogen-bond acceptors (Lipinski definition) is 6. The fraction of sp³-hybridized carbons (Fsp3) is 0.333. The first kappa shape index (κ1) is 21.6. The average Bonchev–Trinajstić information content (AvgIpc) is 3.14. The number of amides is 1. The van der Waals surface area contributed by atoms with Gasteiger partial charge in [-0.15, -0.1) is 0 Å². The first-order chi connectivity index (χ1) is 14.4. The Kier molecular flexibility index (Phi) is 6.94. The molecule has 0 aliphatic carbocycles. The van der Waals surface area contributed by atoms with E-state index in [4.69, 9.17) is 0 Å². The van der Waals surface area contributed by atoms with Crippen LogP contribution in [-0.4, -0.2) is 46.0 Å². The molecule has 3 rings (SSSR count). The first-order valence-corrected chi connectivity index (χ1v) is 10.8. The zero-order chi connectivity index (χ0) is 21.7. The number of aryl methyl sites for hydroxylation is 1. The number of carbonyl (C=O) groups excluding carboxylic acids is 1. The largest absolute Gasteiger partial charge is 0.378 e. The molecule has 3 aromatic rings. The van der Waals surface area contributed by atoms with Gasteiger partial charge in [-0.25, -0.2) is 9.67 Å². The molecule has 0 saturated heterocycles. The number of nitrogens with zero attached hydrogens (tertiary/aromatic N) is 4. The molecule has 0 radical (unpaired) electrons. The lowest BCUT2D eigenvalue weighted by Gasteiger charge is -2.13. The molecule has 2 aromatic heterocycles. The number of carbonyl (C=O) groups is 1. The number of hydrogen-bond donors (Lipinski definition) is 2. The lowest BCUT2D eigenvalue weighted by atomic mass is 10.1. The summed E-state index contributed by atoms with van der Waals surface area (Å²) >= 11 is 1.38. The van der Waals surface area contributed by atoms with Gasteiger partial charge in [-0.2, -0.15) is 5.10 Å². The third-order valence-corrected chi connectivity index (χ3v) is 5.35. The van der Waals surface area contributed by atoms with Crippen LogP contribution >= 0.6 is 11.8 Å². The maximum atomic E-state index is 12.5. The molecule has 0 fully saturated rings. The molecule has 0 aliphatic rings. The second-order valence-electron chi connectivity index (χ2n) is 7.12. The van der Waals surface area contributed by atoms with Crippen molar-refractivity contribution < 1.29 is 4.79 Å². The van der Waals surface area contributed by atoms with E-state index in [0.29, 0.717) is 35.2 Å². The summed E-state index contributed by atoms with van der Waals surface area (Å²) in [5.41, 5.74) is 3.21. The number of rotatable bonds is 8. The van der Waals surface area contributed by atoms with Gasteiger partial charge < -0.3 is 15.2 Å². The minimum Gasteiger partial charge on any atom is -0.378 e. The van der Waals surface area contributed by atoms with Crippen LogP contribution in [0.1, 0.15) is 23.2 Å². The Morgan fingerprint density at radius 2 is 1.97 bits per heavy atom. The summed E-state index contributed by atoms with van der Waals surface area (Å²) in [6.45, 7) is 2.34. The van der Waals surface area contributed by atoms with Gasteiger partial charge in [0.1, 0.15) is 5.82 Å². The average molecular weight is 427 g/mol. The zero-order valence-electron chi connectivity index (χ0n) is 17.6. The van der Waals surface area contributed by atoms with Gasteiger partial charge in [-0.05, 0) is 37.3 Å². The van der Waals surface area contributed by atoms with Crippen molar-refractivity contribution in [2.45, 2.75) is 31.5 Å². The molecule has 9 heteroatoms. The molecule has 30 heavy (non-hydrogen) atoms. The number of benzene rings is 1. The van der Waals surface area contributed by atoms with Crippen LogP contribution < -0.4 is 15.8 Å². The van der Waals surface area contributed by atoms with Crippen LogP contribution in [0.3, 0.4) is 0 Å². The van der Waals surface area contributed by atoms with Gasteiger partial charge >= 0.3 is 0 Å². The second-order valence-corrected chi connectivity index (χ2v) is 7.92. The molecule has 8 nitrogen and oxygen atoms in total. The quantitative estimate of drug-likeness (QED) is 0.425. The van der Waals surface area contributed by atoms with E-state index in [1.807, 2.05) is 49.5 Å². The number of aromatic nitrogens is 4. The van der Waals surface area contributed by atoms with Gasteiger partial charge in [0.15, 0.2) is 5.16 Å². The molecule has 1 amide bonds. The number of nitrogens with one attached hydrogen (secondary N) is 2. The van der Waals surface area contributed by atoms with Gasteiger partial charge in [0, 0.05) is 43.5 Å². The Morgan fingerprint density at radius 1 is 1.23 bits per heavy atom. The summed E-state index contributed by atoms with van der Waals surface area (Å²) in [4.78, 5) is 33.8. The van der Waals surface area contributed by atoms with Crippen LogP contribution in [0.4, 0.5) is 11.5 Å². The van der Waals surface area contributed by atoms with Gasteiger partial charge in [0.05, 0.1) is 12.7 Å². The fourth-order valence-corrected chi connectivity index (χ4v) is 3.48. The van der Waals surface area contributed by atoms with Crippen molar-refractivity contribution in [1.29, 1.82) is 0 Å². The number of anilines is 2. The summed E-state index contributed by atoms with van der Waals surface area (Å²) in [7, 11) is 4.00. The highest BCUT2D eigenvalue weighted by Crippen LogP contribution is 2.16. The van der Waals surface area contributed by atoms with E-state index in [1.165, 1.54) is 11.8 Å². The van der Waals surface area contributed by atoms with E-state index in [0.717, 1.165) is 11.3 Å². The van der Waals surface area contributed by atoms with E-state index < -0.39 is 0 Å². The lowest BCUT2D eigenvalue weighted by Crippen LogP contribution is -2.21.